The van der Waals surface area contributed by atoms with Gasteiger partial charge in [0.1, 0.15) is 0 Å². The Balaban J connectivity index is 1.59. The Morgan fingerprint density at radius 1 is 1.35 bits per heavy atom. The first kappa shape index (κ1) is 14.8. The number of hydrogen-bond acceptors (Lipinski definition) is 4. The molecule has 1 fully saturated rings. The van der Waals surface area contributed by atoms with E-state index >= 15 is 0 Å². The molecular weight excluding hydrogens is 254 g/mol. The maximum absolute atomic E-state index is 4.92. The number of aromatic nitrogens is 2. The molecule has 0 atom stereocenters. The molecule has 0 bridgehead atoms. The second kappa shape index (κ2) is 7.87. The van der Waals surface area contributed by atoms with Gasteiger partial charge >= 0.3 is 0 Å². The van der Waals surface area contributed by atoms with E-state index in [0.717, 1.165) is 18.4 Å². The molecular formula is C14H25N5O. The zero-order valence-electron chi connectivity index (χ0n) is 12.5. The van der Waals surface area contributed by atoms with E-state index in [1.807, 2.05) is 0 Å². The summed E-state index contributed by atoms with van der Waals surface area (Å²) in [7, 11) is 1.77. The molecule has 6 nitrogen and oxygen atoms in total. The highest BCUT2D eigenvalue weighted by atomic mass is 16.5. The van der Waals surface area contributed by atoms with Crippen LogP contribution in [0.15, 0.2) is 9.52 Å². The van der Waals surface area contributed by atoms with Crippen LogP contribution in [0.25, 0.3) is 0 Å². The van der Waals surface area contributed by atoms with Crippen LogP contribution in [0, 0.1) is 12.8 Å². The van der Waals surface area contributed by atoms with Crippen LogP contribution in [-0.2, 0) is 6.54 Å². The van der Waals surface area contributed by atoms with Crippen molar-refractivity contribution in [3.8, 4) is 0 Å². The lowest BCUT2D eigenvalue weighted by Gasteiger charge is -2.12. The van der Waals surface area contributed by atoms with Crippen LogP contribution in [0.2, 0.25) is 0 Å². The van der Waals surface area contributed by atoms with Gasteiger partial charge in [-0.25, -0.2) is 0 Å². The second-order valence-electron chi connectivity index (χ2n) is 5.37. The summed E-state index contributed by atoms with van der Waals surface area (Å²) in [6, 6.07) is 0. The predicted molar refractivity (Wildman–Crippen MR) is 78.4 cm³/mol. The summed E-state index contributed by atoms with van der Waals surface area (Å²) in [4.78, 5) is 8.33. The van der Waals surface area contributed by atoms with E-state index in [4.69, 9.17) is 4.52 Å². The Hall–Kier alpha value is -1.59. The number of hydrogen-bond donors (Lipinski definition) is 2. The van der Waals surface area contributed by atoms with Crippen LogP contribution < -0.4 is 10.6 Å². The first-order chi connectivity index (χ1) is 9.78. The van der Waals surface area contributed by atoms with Gasteiger partial charge in [0.05, 0.1) is 6.54 Å². The molecule has 112 valence electrons. The Morgan fingerprint density at radius 3 is 2.80 bits per heavy atom. The SMILES string of the molecule is CN=C(NCCCC1CCCC1)NCc1noc(C)n1. The van der Waals surface area contributed by atoms with Gasteiger partial charge in [0.25, 0.3) is 0 Å². The number of nitrogens with zero attached hydrogens (tertiary/aromatic N) is 3. The van der Waals surface area contributed by atoms with E-state index < -0.39 is 0 Å². The first-order valence-electron chi connectivity index (χ1n) is 7.51. The highest BCUT2D eigenvalue weighted by molar-refractivity contribution is 5.79. The van der Waals surface area contributed by atoms with E-state index in [0.29, 0.717) is 18.3 Å². The van der Waals surface area contributed by atoms with E-state index in [-0.39, 0.29) is 0 Å². The van der Waals surface area contributed by atoms with Crippen molar-refractivity contribution >= 4 is 5.96 Å². The largest absolute Gasteiger partial charge is 0.356 e. The minimum atomic E-state index is 0.527. The molecule has 1 aliphatic carbocycles. The van der Waals surface area contributed by atoms with Gasteiger partial charge < -0.3 is 15.2 Å². The van der Waals surface area contributed by atoms with Crippen molar-refractivity contribution < 1.29 is 4.52 Å². The van der Waals surface area contributed by atoms with Gasteiger partial charge in [-0.2, -0.15) is 4.98 Å². The average molecular weight is 279 g/mol. The minimum absolute atomic E-state index is 0.527. The summed E-state index contributed by atoms with van der Waals surface area (Å²) in [6.45, 7) is 3.27. The highest BCUT2D eigenvalue weighted by Gasteiger charge is 2.14. The lowest BCUT2D eigenvalue weighted by atomic mass is 10.0. The van der Waals surface area contributed by atoms with Gasteiger partial charge in [0.15, 0.2) is 11.8 Å². The lowest BCUT2D eigenvalue weighted by molar-refractivity contribution is 0.386. The molecule has 0 saturated heterocycles. The summed E-state index contributed by atoms with van der Waals surface area (Å²) < 4.78 is 4.92. The molecule has 20 heavy (non-hydrogen) atoms. The lowest BCUT2D eigenvalue weighted by Crippen LogP contribution is -2.37. The van der Waals surface area contributed by atoms with Crippen molar-refractivity contribution in [3.63, 3.8) is 0 Å². The zero-order chi connectivity index (χ0) is 14.2. The number of aliphatic imine (C=N–C) groups is 1. The molecule has 0 amide bonds. The zero-order valence-corrected chi connectivity index (χ0v) is 12.5. The molecule has 2 rings (SSSR count). The van der Waals surface area contributed by atoms with Crippen LogP contribution in [0.4, 0.5) is 0 Å². The van der Waals surface area contributed by atoms with Crippen molar-refractivity contribution in [2.75, 3.05) is 13.6 Å². The second-order valence-corrected chi connectivity index (χ2v) is 5.37. The number of nitrogens with one attached hydrogen (secondary N) is 2. The molecule has 1 saturated carbocycles. The molecule has 1 aromatic heterocycles. The van der Waals surface area contributed by atoms with Gasteiger partial charge in [0, 0.05) is 20.5 Å². The van der Waals surface area contributed by atoms with Gasteiger partial charge in [0.2, 0.25) is 5.89 Å². The summed E-state index contributed by atoms with van der Waals surface area (Å²) in [5.41, 5.74) is 0. The fourth-order valence-corrected chi connectivity index (χ4v) is 2.69. The fraction of sp³-hybridized carbons (Fsp3) is 0.786. The average Bonchev–Trinajstić information content (AvgIpc) is 3.09. The van der Waals surface area contributed by atoms with Crippen LogP contribution in [0.5, 0.6) is 0 Å². The monoisotopic (exact) mass is 279 g/mol. The van der Waals surface area contributed by atoms with Gasteiger partial charge in [-0.3, -0.25) is 4.99 Å². The Kier molecular flexibility index (Phi) is 5.83. The topological polar surface area (TPSA) is 75.3 Å². The number of guanidine groups is 1. The molecule has 1 aliphatic rings. The summed E-state index contributed by atoms with van der Waals surface area (Å²) in [5.74, 6) is 2.98. The van der Waals surface area contributed by atoms with Crippen LogP contribution >= 0.6 is 0 Å². The normalized spacial score (nSPS) is 16.6. The molecule has 0 radical (unpaired) electrons. The van der Waals surface area contributed by atoms with E-state index in [9.17, 15) is 0 Å². The minimum Gasteiger partial charge on any atom is -0.356 e. The quantitative estimate of drug-likeness (QED) is 0.473. The standard InChI is InChI=1S/C14H25N5O/c1-11-18-13(19-20-11)10-17-14(15-2)16-9-5-8-12-6-3-4-7-12/h12H,3-10H2,1-2H3,(H2,15,16,17). The molecule has 0 unspecified atom stereocenters. The third-order valence-electron chi connectivity index (χ3n) is 3.76. The number of rotatable bonds is 6. The summed E-state index contributed by atoms with van der Waals surface area (Å²) in [6.07, 6.45) is 8.21. The molecule has 1 aromatic rings. The summed E-state index contributed by atoms with van der Waals surface area (Å²) in [5, 5.41) is 10.3. The van der Waals surface area contributed by atoms with Gasteiger partial charge in [-0.05, 0) is 18.8 Å². The van der Waals surface area contributed by atoms with Crippen molar-refractivity contribution in [1.82, 2.24) is 20.8 Å². The Morgan fingerprint density at radius 2 is 2.15 bits per heavy atom. The van der Waals surface area contributed by atoms with Crippen molar-refractivity contribution in [2.24, 2.45) is 10.9 Å². The van der Waals surface area contributed by atoms with Crippen LogP contribution in [0.3, 0.4) is 0 Å². The van der Waals surface area contributed by atoms with Gasteiger partial charge in [-0.15, -0.1) is 0 Å². The molecule has 0 spiro atoms. The van der Waals surface area contributed by atoms with Crippen LogP contribution in [-0.4, -0.2) is 29.7 Å². The molecule has 0 aliphatic heterocycles. The molecule has 6 heteroatoms. The van der Waals surface area contributed by atoms with Crippen molar-refractivity contribution in [2.45, 2.75) is 52.0 Å². The predicted octanol–water partition coefficient (Wildman–Crippen LogP) is 2.01. The van der Waals surface area contributed by atoms with E-state index in [2.05, 4.69) is 25.8 Å². The maximum atomic E-state index is 4.92. The van der Waals surface area contributed by atoms with E-state index in [1.165, 1.54) is 38.5 Å². The maximum Gasteiger partial charge on any atom is 0.223 e. The first-order valence-corrected chi connectivity index (χ1v) is 7.51. The number of aryl methyl sites for hydroxylation is 1. The highest BCUT2D eigenvalue weighted by Crippen LogP contribution is 2.28. The summed E-state index contributed by atoms with van der Waals surface area (Å²) >= 11 is 0. The van der Waals surface area contributed by atoms with Gasteiger partial charge in [-0.1, -0.05) is 30.8 Å². The van der Waals surface area contributed by atoms with Crippen LogP contribution in [0.1, 0.15) is 50.2 Å². The fourth-order valence-electron chi connectivity index (χ4n) is 2.69. The molecule has 0 aromatic carbocycles. The van der Waals surface area contributed by atoms with E-state index in [1.54, 1.807) is 14.0 Å². The molecule has 2 N–H and O–H groups in total. The smallest absolute Gasteiger partial charge is 0.223 e. The Labute approximate surface area is 120 Å². The van der Waals surface area contributed by atoms with Crippen molar-refractivity contribution in [3.05, 3.63) is 11.7 Å². The third-order valence-corrected chi connectivity index (χ3v) is 3.76. The van der Waals surface area contributed by atoms with Crippen molar-refractivity contribution in [1.29, 1.82) is 0 Å². The third kappa shape index (κ3) is 4.83. The Bertz CT molecular complexity index is 423. The molecule has 1 heterocycles.